The average molecular weight is 298 g/mol. The minimum atomic E-state index is 0.117. The number of benzene rings is 1. The van der Waals surface area contributed by atoms with Crippen molar-refractivity contribution in [1.82, 2.24) is 10.5 Å². The van der Waals surface area contributed by atoms with E-state index in [1.54, 1.807) is 0 Å². The van der Waals surface area contributed by atoms with E-state index in [1.807, 2.05) is 30.3 Å². The van der Waals surface area contributed by atoms with Crippen LogP contribution in [0.5, 0.6) is 0 Å². The lowest BCUT2D eigenvalue weighted by molar-refractivity contribution is -0.122. The van der Waals surface area contributed by atoms with Gasteiger partial charge in [-0.25, -0.2) is 0 Å². The summed E-state index contributed by atoms with van der Waals surface area (Å²) >= 11 is 0. The summed E-state index contributed by atoms with van der Waals surface area (Å²) in [4.78, 5) is 11.9. The third kappa shape index (κ3) is 3.75. The molecule has 1 aromatic carbocycles. The molecule has 116 valence electrons. The Morgan fingerprint density at radius 1 is 1.27 bits per heavy atom. The molecule has 0 radical (unpaired) electrons. The molecule has 0 atom stereocenters. The van der Waals surface area contributed by atoms with Crippen LogP contribution in [0.25, 0.3) is 11.3 Å². The summed E-state index contributed by atoms with van der Waals surface area (Å²) in [6, 6.07) is 10.00. The number of amides is 1. The summed E-state index contributed by atoms with van der Waals surface area (Å²) in [5, 5.41) is 6.97. The van der Waals surface area contributed by atoms with Crippen LogP contribution in [-0.2, 0) is 11.3 Å². The minimum Gasteiger partial charge on any atom is -0.356 e. The fourth-order valence-electron chi connectivity index (χ4n) is 2.99. The van der Waals surface area contributed by atoms with Crippen molar-refractivity contribution in [3.63, 3.8) is 0 Å². The van der Waals surface area contributed by atoms with Gasteiger partial charge in [-0.1, -0.05) is 47.8 Å². The molecule has 1 fully saturated rings. The van der Waals surface area contributed by atoms with Crippen molar-refractivity contribution in [1.29, 1.82) is 0 Å². The molecule has 2 aromatic rings. The van der Waals surface area contributed by atoms with Crippen LogP contribution in [0, 0.1) is 12.8 Å². The molecular weight excluding hydrogens is 276 g/mol. The molecule has 1 aliphatic carbocycles. The van der Waals surface area contributed by atoms with E-state index < -0.39 is 0 Å². The molecule has 1 aliphatic rings. The Balaban J connectivity index is 1.53. The summed E-state index contributed by atoms with van der Waals surface area (Å²) in [6.07, 6.45) is 5.55. The highest BCUT2D eigenvalue weighted by atomic mass is 16.5. The van der Waals surface area contributed by atoms with E-state index >= 15 is 0 Å². The number of rotatable bonds is 5. The SMILES string of the molecule is Cc1ccc(-c2cc(CNC(=O)CC3CCCC3)no2)cc1. The summed E-state index contributed by atoms with van der Waals surface area (Å²) in [5.74, 6) is 1.42. The van der Waals surface area contributed by atoms with Gasteiger partial charge in [0.05, 0.1) is 6.54 Å². The molecule has 1 N–H and O–H groups in total. The van der Waals surface area contributed by atoms with Crippen molar-refractivity contribution >= 4 is 5.91 Å². The number of nitrogens with one attached hydrogen (secondary N) is 1. The highest BCUT2D eigenvalue weighted by molar-refractivity contribution is 5.76. The molecule has 0 saturated heterocycles. The van der Waals surface area contributed by atoms with Crippen LogP contribution in [0.15, 0.2) is 34.9 Å². The van der Waals surface area contributed by atoms with Gasteiger partial charge in [-0.2, -0.15) is 0 Å². The van der Waals surface area contributed by atoms with Crippen LogP contribution in [0.2, 0.25) is 0 Å². The van der Waals surface area contributed by atoms with Gasteiger partial charge in [0.2, 0.25) is 5.91 Å². The maximum Gasteiger partial charge on any atom is 0.220 e. The van der Waals surface area contributed by atoms with Crippen molar-refractivity contribution in [2.45, 2.75) is 45.6 Å². The third-order valence-corrected chi connectivity index (χ3v) is 4.31. The van der Waals surface area contributed by atoms with E-state index in [1.165, 1.54) is 31.2 Å². The Bertz CT molecular complexity index is 625. The van der Waals surface area contributed by atoms with Gasteiger partial charge < -0.3 is 9.84 Å². The predicted octanol–water partition coefficient (Wildman–Crippen LogP) is 3.85. The first kappa shape index (κ1) is 14.8. The fraction of sp³-hybridized carbons (Fsp3) is 0.444. The lowest BCUT2D eigenvalue weighted by Crippen LogP contribution is -2.24. The number of aryl methyl sites for hydroxylation is 1. The third-order valence-electron chi connectivity index (χ3n) is 4.31. The van der Waals surface area contributed by atoms with E-state index in [0.717, 1.165) is 17.0 Å². The summed E-state index contributed by atoms with van der Waals surface area (Å²) in [5.41, 5.74) is 2.97. The Morgan fingerprint density at radius 2 is 2.00 bits per heavy atom. The maximum atomic E-state index is 11.9. The van der Waals surface area contributed by atoms with Crippen molar-refractivity contribution in [2.75, 3.05) is 0 Å². The topological polar surface area (TPSA) is 55.1 Å². The van der Waals surface area contributed by atoms with Gasteiger partial charge in [-0.05, 0) is 25.7 Å². The quantitative estimate of drug-likeness (QED) is 0.912. The van der Waals surface area contributed by atoms with Gasteiger partial charge in [0.15, 0.2) is 5.76 Å². The molecule has 0 aliphatic heterocycles. The molecular formula is C18H22N2O2. The van der Waals surface area contributed by atoms with Crippen molar-refractivity contribution in [2.24, 2.45) is 5.92 Å². The van der Waals surface area contributed by atoms with Crippen molar-refractivity contribution in [3.8, 4) is 11.3 Å². The van der Waals surface area contributed by atoms with Gasteiger partial charge in [0.1, 0.15) is 5.69 Å². The molecule has 3 rings (SSSR count). The number of hydrogen-bond donors (Lipinski definition) is 1. The van der Waals surface area contributed by atoms with E-state index in [9.17, 15) is 4.79 Å². The Labute approximate surface area is 130 Å². The molecule has 4 heteroatoms. The van der Waals surface area contributed by atoms with Gasteiger partial charge in [-0.15, -0.1) is 0 Å². The number of aromatic nitrogens is 1. The number of hydrogen-bond acceptors (Lipinski definition) is 3. The zero-order valence-electron chi connectivity index (χ0n) is 13.0. The normalized spacial score (nSPS) is 15.1. The molecule has 1 amide bonds. The Hall–Kier alpha value is -2.10. The van der Waals surface area contributed by atoms with Gasteiger partial charge in [0.25, 0.3) is 0 Å². The fourth-order valence-corrected chi connectivity index (χ4v) is 2.99. The highest BCUT2D eigenvalue weighted by Crippen LogP contribution is 2.27. The summed E-state index contributed by atoms with van der Waals surface area (Å²) in [7, 11) is 0. The van der Waals surface area contributed by atoms with Crippen LogP contribution in [0.1, 0.15) is 43.4 Å². The van der Waals surface area contributed by atoms with Crippen LogP contribution >= 0.6 is 0 Å². The number of carbonyl (C=O) groups is 1. The summed E-state index contributed by atoms with van der Waals surface area (Å²) in [6.45, 7) is 2.48. The van der Waals surface area contributed by atoms with Crippen molar-refractivity contribution in [3.05, 3.63) is 41.6 Å². The Morgan fingerprint density at radius 3 is 2.73 bits per heavy atom. The van der Waals surface area contributed by atoms with Crippen LogP contribution in [0.3, 0.4) is 0 Å². The lowest BCUT2D eigenvalue weighted by Gasteiger charge is -2.08. The highest BCUT2D eigenvalue weighted by Gasteiger charge is 2.18. The van der Waals surface area contributed by atoms with Crippen LogP contribution in [0.4, 0.5) is 0 Å². The summed E-state index contributed by atoms with van der Waals surface area (Å²) < 4.78 is 5.35. The molecule has 4 nitrogen and oxygen atoms in total. The molecule has 22 heavy (non-hydrogen) atoms. The first-order valence-electron chi connectivity index (χ1n) is 8.00. The van der Waals surface area contributed by atoms with Gasteiger partial charge in [0, 0.05) is 18.1 Å². The second-order valence-electron chi connectivity index (χ2n) is 6.18. The molecule has 0 unspecified atom stereocenters. The first-order chi connectivity index (χ1) is 10.7. The smallest absolute Gasteiger partial charge is 0.220 e. The van der Waals surface area contributed by atoms with E-state index in [-0.39, 0.29) is 5.91 Å². The first-order valence-corrected chi connectivity index (χ1v) is 8.00. The van der Waals surface area contributed by atoms with Gasteiger partial charge >= 0.3 is 0 Å². The van der Waals surface area contributed by atoms with E-state index in [2.05, 4.69) is 17.4 Å². The lowest BCUT2D eigenvalue weighted by atomic mass is 10.0. The second-order valence-corrected chi connectivity index (χ2v) is 6.18. The monoisotopic (exact) mass is 298 g/mol. The zero-order valence-corrected chi connectivity index (χ0v) is 13.0. The number of carbonyl (C=O) groups excluding carboxylic acids is 1. The maximum absolute atomic E-state index is 11.9. The molecule has 0 bridgehead atoms. The minimum absolute atomic E-state index is 0.117. The number of nitrogens with zero attached hydrogens (tertiary/aromatic N) is 1. The molecule has 0 spiro atoms. The molecule has 1 saturated carbocycles. The van der Waals surface area contributed by atoms with Crippen LogP contribution < -0.4 is 5.32 Å². The average Bonchev–Trinajstić information content (AvgIpc) is 3.17. The van der Waals surface area contributed by atoms with Gasteiger partial charge in [-0.3, -0.25) is 4.79 Å². The van der Waals surface area contributed by atoms with Crippen LogP contribution in [-0.4, -0.2) is 11.1 Å². The van der Waals surface area contributed by atoms with E-state index in [4.69, 9.17) is 4.52 Å². The second kappa shape index (κ2) is 6.77. The molecule has 1 aromatic heterocycles. The molecule has 1 heterocycles. The predicted molar refractivity (Wildman–Crippen MR) is 85.1 cm³/mol. The standard InChI is InChI=1S/C18H22N2O2/c1-13-6-8-15(9-7-13)17-11-16(20-22-17)12-19-18(21)10-14-4-2-3-5-14/h6-9,11,14H,2-5,10,12H2,1H3,(H,19,21). The zero-order chi connectivity index (χ0) is 15.4. The largest absolute Gasteiger partial charge is 0.356 e. The Kier molecular flexibility index (Phi) is 4.56. The van der Waals surface area contributed by atoms with E-state index in [0.29, 0.717) is 18.9 Å². The van der Waals surface area contributed by atoms with Crippen molar-refractivity contribution < 1.29 is 9.32 Å².